The fourth-order valence-electron chi connectivity index (χ4n) is 1.13. The van der Waals surface area contributed by atoms with Crippen LogP contribution in [-0.2, 0) is 6.61 Å². The maximum absolute atomic E-state index is 8.88. The third-order valence-corrected chi connectivity index (χ3v) is 1.91. The summed E-state index contributed by atoms with van der Waals surface area (Å²) in [4.78, 5) is 10.4. The second kappa shape index (κ2) is 4.77. The molecule has 0 fully saturated rings. The molecule has 0 amide bonds. The number of aliphatic hydroxyl groups excluding tert-OH is 1. The minimum Gasteiger partial charge on any atom is -0.390 e. The van der Waals surface area contributed by atoms with Crippen molar-refractivity contribution in [3.8, 4) is 0 Å². The Bertz CT molecular complexity index is 261. The lowest BCUT2D eigenvalue weighted by atomic mass is 10.4. The van der Waals surface area contributed by atoms with Gasteiger partial charge in [0.15, 0.2) is 0 Å². The SMILES string of the molecule is CCN(CC)c1nccc(CO)n1. The van der Waals surface area contributed by atoms with E-state index in [0.29, 0.717) is 11.6 Å². The molecule has 1 aromatic rings. The van der Waals surface area contributed by atoms with E-state index >= 15 is 0 Å². The fraction of sp³-hybridized carbons (Fsp3) is 0.556. The molecule has 0 aliphatic heterocycles. The molecule has 1 aromatic heterocycles. The summed E-state index contributed by atoms with van der Waals surface area (Å²) in [5.74, 6) is 0.691. The molecule has 0 atom stereocenters. The van der Waals surface area contributed by atoms with Crippen LogP contribution in [0.4, 0.5) is 5.95 Å². The number of anilines is 1. The standard InChI is InChI=1S/C9H15N3O/c1-3-12(4-2)9-10-6-5-8(7-13)11-9/h5-6,13H,3-4,7H2,1-2H3. The molecule has 0 aliphatic carbocycles. The van der Waals surface area contributed by atoms with Crippen molar-refractivity contribution in [2.24, 2.45) is 0 Å². The molecule has 72 valence electrons. The quantitative estimate of drug-likeness (QED) is 0.747. The first-order valence-electron chi connectivity index (χ1n) is 4.49. The van der Waals surface area contributed by atoms with E-state index in [9.17, 15) is 0 Å². The summed E-state index contributed by atoms with van der Waals surface area (Å²) in [6, 6.07) is 1.72. The molecule has 0 bridgehead atoms. The van der Waals surface area contributed by atoms with E-state index in [0.717, 1.165) is 13.1 Å². The molecule has 1 N–H and O–H groups in total. The van der Waals surface area contributed by atoms with Gasteiger partial charge < -0.3 is 10.0 Å². The molecule has 13 heavy (non-hydrogen) atoms. The predicted molar refractivity (Wildman–Crippen MR) is 51.5 cm³/mol. The second-order valence-corrected chi connectivity index (χ2v) is 2.68. The normalized spacial score (nSPS) is 10.1. The highest BCUT2D eigenvalue weighted by molar-refractivity contribution is 5.29. The molecule has 0 spiro atoms. The van der Waals surface area contributed by atoms with Gasteiger partial charge in [-0.3, -0.25) is 0 Å². The Labute approximate surface area is 78.2 Å². The summed E-state index contributed by atoms with van der Waals surface area (Å²) in [5, 5.41) is 8.88. The van der Waals surface area contributed by atoms with Gasteiger partial charge >= 0.3 is 0 Å². The van der Waals surface area contributed by atoms with Crippen LogP contribution in [0.3, 0.4) is 0 Å². The molecule has 1 heterocycles. The van der Waals surface area contributed by atoms with Crippen LogP contribution >= 0.6 is 0 Å². The summed E-state index contributed by atoms with van der Waals surface area (Å²) < 4.78 is 0. The van der Waals surface area contributed by atoms with Crippen LogP contribution in [0.15, 0.2) is 12.3 Å². The second-order valence-electron chi connectivity index (χ2n) is 2.68. The Morgan fingerprint density at radius 2 is 2.08 bits per heavy atom. The number of hydrogen-bond acceptors (Lipinski definition) is 4. The summed E-state index contributed by atoms with van der Waals surface area (Å²) >= 11 is 0. The molecule has 0 saturated heterocycles. The van der Waals surface area contributed by atoms with Crippen molar-refractivity contribution in [2.45, 2.75) is 20.5 Å². The first-order valence-corrected chi connectivity index (χ1v) is 4.49. The summed E-state index contributed by atoms with van der Waals surface area (Å²) in [5.41, 5.74) is 0.664. The molecule has 0 saturated carbocycles. The molecule has 0 aliphatic rings. The van der Waals surface area contributed by atoms with Crippen LogP contribution in [0.1, 0.15) is 19.5 Å². The zero-order valence-corrected chi connectivity index (χ0v) is 8.06. The van der Waals surface area contributed by atoms with Crippen LogP contribution < -0.4 is 4.90 Å². The number of rotatable bonds is 4. The van der Waals surface area contributed by atoms with Gasteiger partial charge in [0.05, 0.1) is 12.3 Å². The summed E-state index contributed by atoms with van der Waals surface area (Å²) in [6.07, 6.45) is 1.67. The molecule has 0 aromatic carbocycles. The Hall–Kier alpha value is -1.16. The predicted octanol–water partition coefficient (Wildman–Crippen LogP) is 0.815. The van der Waals surface area contributed by atoms with Gasteiger partial charge in [-0.15, -0.1) is 0 Å². The molecule has 4 heteroatoms. The lowest BCUT2D eigenvalue weighted by molar-refractivity contribution is 0.276. The first kappa shape index (κ1) is 9.92. The van der Waals surface area contributed by atoms with Gasteiger partial charge in [0.2, 0.25) is 5.95 Å². The van der Waals surface area contributed by atoms with Gasteiger partial charge in [0.25, 0.3) is 0 Å². The van der Waals surface area contributed by atoms with E-state index in [1.54, 1.807) is 12.3 Å². The number of aliphatic hydroxyl groups is 1. The van der Waals surface area contributed by atoms with E-state index in [1.165, 1.54) is 0 Å². The highest BCUT2D eigenvalue weighted by atomic mass is 16.3. The van der Waals surface area contributed by atoms with Gasteiger partial charge in [-0.2, -0.15) is 0 Å². The Balaban J connectivity index is 2.86. The van der Waals surface area contributed by atoms with E-state index in [-0.39, 0.29) is 6.61 Å². The minimum absolute atomic E-state index is 0.0310. The van der Waals surface area contributed by atoms with E-state index < -0.39 is 0 Å². The minimum atomic E-state index is -0.0310. The average Bonchev–Trinajstić information content (AvgIpc) is 2.20. The maximum atomic E-state index is 8.88. The number of hydrogen-bond donors (Lipinski definition) is 1. The van der Waals surface area contributed by atoms with Crippen LogP contribution in [-0.4, -0.2) is 28.2 Å². The monoisotopic (exact) mass is 181 g/mol. The molecule has 1 rings (SSSR count). The van der Waals surface area contributed by atoms with Crippen molar-refractivity contribution in [3.63, 3.8) is 0 Å². The molecular weight excluding hydrogens is 166 g/mol. The molecule has 0 radical (unpaired) electrons. The van der Waals surface area contributed by atoms with Crippen LogP contribution in [0, 0.1) is 0 Å². The van der Waals surface area contributed by atoms with Gasteiger partial charge in [-0.1, -0.05) is 0 Å². The van der Waals surface area contributed by atoms with Crippen molar-refractivity contribution in [3.05, 3.63) is 18.0 Å². The lowest BCUT2D eigenvalue weighted by Gasteiger charge is -2.18. The zero-order valence-electron chi connectivity index (χ0n) is 8.06. The van der Waals surface area contributed by atoms with Crippen molar-refractivity contribution < 1.29 is 5.11 Å². The Morgan fingerprint density at radius 1 is 1.38 bits per heavy atom. The van der Waals surface area contributed by atoms with E-state index in [1.807, 2.05) is 4.90 Å². The molecule has 0 unspecified atom stereocenters. The van der Waals surface area contributed by atoms with Crippen LogP contribution in [0.25, 0.3) is 0 Å². The average molecular weight is 181 g/mol. The lowest BCUT2D eigenvalue weighted by Crippen LogP contribution is -2.24. The van der Waals surface area contributed by atoms with Crippen LogP contribution in [0.2, 0.25) is 0 Å². The largest absolute Gasteiger partial charge is 0.390 e. The summed E-state index contributed by atoms with van der Waals surface area (Å²) in [6.45, 7) is 5.84. The van der Waals surface area contributed by atoms with Gasteiger partial charge in [-0.05, 0) is 19.9 Å². The van der Waals surface area contributed by atoms with Crippen molar-refractivity contribution in [2.75, 3.05) is 18.0 Å². The van der Waals surface area contributed by atoms with Crippen LogP contribution in [0.5, 0.6) is 0 Å². The highest BCUT2D eigenvalue weighted by Gasteiger charge is 2.04. The van der Waals surface area contributed by atoms with Crippen molar-refractivity contribution in [1.82, 2.24) is 9.97 Å². The van der Waals surface area contributed by atoms with E-state index in [2.05, 4.69) is 23.8 Å². The number of nitrogens with zero attached hydrogens (tertiary/aromatic N) is 3. The topological polar surface area (TPSA) is 49.2 Å². The maximum Gasteiger partial charge on any atom is 0.225 e. The Kier molecular flexibility index (Phi) is 3.64. The molecular formula is C9H15N3O. The summed E-state index contributed by atoms with van der Waals surface area (Å²) in [7, 11) is 0. The Morgan fingerprint density at radius 3 is 2.62 bits per heavy atom. The smallest absolute Gasteiger partial charge is 0.225 e. The van der Waals surface area contributed by atoms with E-state index in [4.69, 9.17) is 5.11 Å². The van der Waals surface area contributed by atoms with Gasteiger partial charge in [0, 0.05) is 19.3 Å². The van der Waals surface area contributed by atoms with Gasteiger partial charge in [-0.25, -0.2) is 9.97 Å². The molecule has 4 nitrogen and oxygen atoms in total. The highest BCUT2D eigenvalue weighted by Crippen LogP contribution is 2.06. The van der Waals surface area contributed by atoms with Crippen molar-refractivity contribution in [1.29, 1.82) is 0 Å². The van der Waals surface area contributed by atoms with Crippen molar-refractivity contribution >= 4 is 5.95 Å². The number of aromatic nitrogens is 2. The third-order valence-electron chi connectivity index (χ3n) is 1.91. The third kappa shape index (κ3) is 2.39. The first-order chi connectivity index (χ1) is 6.31. The van der Waals surface area contributed by atoms with Gasteiger partial charge in [0.1, 0.15) is 0 Å². The fourth-order valence-corrected chi connectivity index (χ4v) is 1.13. The zero-order chi connectivity index (χ0) is 9.68.